The number of fused-ring (bicyclic) bond motifs is 1. The van der Waals surface area contributed by atoms with E-state index in [9.17, 15) is 8.42 Å². The topological polar surface area (TPSA) is 97.0 Å². The predicted molar refractivity (Wildman–Crippen MR) is 105 cm³/mol. The van der Waals surface area contributed by atoms with Crippen molar-refractivity contribution in [2.45, 2.75) is 23.9 Å². The van der Waals surface area contributed by atoms with Crippen molar-refractivity contribution in [1.82, 2.24) is 9.62 Å². The lowest BCUT2D eigenvalue weighted by Gasteiger charge is -2.27. The Labute approximate surface area is 159 Å². The number of para-hydroxylation sites is 1. The number of nitrogens with one attached hydrogen (secondary N) is 1. The predicted octanol–water partition coefficient (Wildman–Crippen LogP) is 1.86. The van der Waals surface area contributed by atoms with Crippen molar-refractivity contribution in [2.75, 3.05) is 20.7 Å². The molecular formula is C19H24N4O3S. The minimum Gasteiger partial charge on any atom is -0.493 e. The molecular weight excluding hydrogens is 364 g/mol. The van der Waals surface area contributed by atoms with Gasteiger partial charge in [0.25, 0.3) is 0 Å². The summed E-state index contributed by atoms with van der Waals surface area (Å²) in [5, 5.41) is 3.21. The van der Waals surface area contributed by atoms with Crippen molar-refractivity contribution < 1.29 is 13.2 Å². The molecule has 0 fully saturated rings. The fraction of sp³-hybridized carbons (Fsp3) is 0.316. The number of nitrogens with zero attached hydrogens (tertiary/aromatic N) is 2. The third-order valence-electron chi connectivity index (χ3n) is 4.43. The molecule has 0 aromatic heterocycles. The Hall–Kier alpha value is -2.58. The minimum atomic E-state index is -3.54. The summed E-state index contributed by atoms with van der Waals surface area (Å²) in [5.41, 5.74) is 7.71. The van der Waals surface area contributed by atoms with Gasteiger partial charge in [-0.1, -0.05) is 36.4 Å². The van der Waals surface area contributed by atoms with E-state index in [1.54, 1.807) is 24.3 Å². The molecule has 0 saturated carbocycles. The van der Waals surface area contributed by atoms with E-state index in [1.807, 2.05) is 24.3 Å². The molecule has 1 heterocycles. The highest BCUT2D eigenvalue weighted by atomic mass is 32.2. The van der Waals surface area contributed by atoms with Gasteiger partial charge in [-0.3, -0.25) is 0 Å². The zero-order chi connectivity index (χ0) is 19.4. The molecule has 1 aliphatic rings. The molecule has 27 heavy (non-hydrogen) atoms. The van der Waals surface area contributed by atoms with Crippen LogP contribution in [0.2, 0.25) is 0 Å². The average Bonchev–Trinajstić information content (AvgIpc) is 2.67. The molecule has 8 heteroatoms. The van der Waals surface area contributed by atoms with Crippen LogP contribution in [0, 0.1) is 0 Å². The maximum Gasteiger partial charge on any atom is 0.242 e. The van der Waals surface area contributed by atoms with Gasteiger partial charge in [-0.2, -0.15) is 0 Å². The summed E-state index contributed by atoms with van der Waals surface area (Å²) < 4.78 is 31.8. The number of nitrogens with two attached hydrogens (primary N) is 1. The molecule has 3 rings (SSSR count). The standard InChI is InChI=1S/C19H24N4O3S/c1-23(2)27(24,25)18-10-6-3-7-14(18)13-21-19(20)22-16-11-12-26-17-9-5-4-8-15(16)17/h3-10,16H,11-13H2,1-2H3,(H3,20,21,22). The summed E-state index contributed by atoms with van der Waals surface area (Å²) in [5.74, 6) is 1.12. The molecule has 0 saturated heterocycles. The van der Waals surface area contributed by atoms with Gasteiger partial charge in [-0.05, 0) is 17.7 Å². The smallest absolute Gasteiger partial charge is 0.242 e. The van der Waals surface area contributed by atoms with Gasteiger partial charge in [0.05, 0.1) is 24.1 Å². The highest BCUT2D eigenvalue weighted by Crippen LogP contribution is 2.31. The second kappa shape index (κ2) is 7.98. The fourth-order valence-electron chi connectivity index (χ4n) is 2.97. The molecule has 144 valence electrons. The van der Waals surface area contributed by atoms with Gasteiger partial charge in [0.2, 0.25) is 10.0 Å². The monoisotopic (exact) mass is 388 g/mol. The Morgan fingerprint density at radius 2 is 1.93 bits per heavy atom. The van der Waals surface area contributed by atoms with Gasteiger partial charge in [0, 0.05) is 26.1 Å². The molecule has 7 nitrogen and oxygen atoms in total. The number of aliphatic imine (C=N–C) groups is 1. The van der Waals surface area contributed by atoms with Crippen LogP contribution in [0.5, 0.6) is 5.75 Å². The second-order valence-electron chi connectivity index (χ2n) is 6.47. The van der Waals surface area contributed by atoms with Gasteiger partial charge >= 0.3 is 0 Å². The van der Waals surface area contributed by atoms with Crippen LogP contribution in [0.4, 0.5) is 0 Å². The number of hydrogen-bond donors (Lipinski definition) is 2. The molecule has 0 spiro atoms. The number of rotatable bonds is 5. The maximum absolute atomic E-state index is 12.5. The number of ether oxygens (including phenoxy) is 1. The molecule has 0 bridgehead atoms. The van der Waals surface area contributed by atoms with Crippen molar-refractivity contribution in [3.05, 3.63) is 59.7 Å². The first kappa shape index (κ1) is 19.2. The van der Waals surface area contributed by atoms with Crippen LogP contribution >= 0.6 is 0 Å². The summed E-state index contributed by atoms with van der Waals surface area (Å²) in [4.78, 5) is 4.59. The molecule has 0 amide bonds. The quantitative estimate of drug-likeness (QED) is 0.602. The van der Waals surface area contributed by atoms with Crippen LogP contribution in [0.25, 0.3) is 0 Å². The first-order valence-electron chi connectivity index (χ1n) is 8.68. The van der Waals surface area contributed by atoms with Crippen molar-refractivity contribution in [3.8, 4) is 5.75 Å². The van der Waals surface area contributed by atoms with E-state index in [0.717, 1.165) is 17.7 Å². The fourth-order valence-corrected chi connectivity index (χ4v) is 4.08. The van der Waals surface area contributed by atoms with E-state index in [-0.39, 0.29) is 23.4 Å². The van der Waals surface area contributed by atoms with Gasteiger partial charge in [-0.15, -0.1) is 0 Å². The van der Waals surface area contributed by atoms with Crippen LogP contribution in [-0.4, -0.2) is 39.4 Å². The Morgan fingerprint density at radius 1 is 1.22 bits per heavy atom. The zero-order valence-corrected chi connectivity index (χ0v) is 16.2. The largest absolute Gasteiger partial charge is 0.493 e. The molecule has 3 N–H and O–H groups in total. The normalized spacial score (nSPS) is 17.3. The first-order valence-corrected chi connectivity index (χ1v) is 10.1. The molecule has 0 aliphatic carbocycles. The van der Waals surface area contributed by atoms with Crippen molar-refractivity contribution >= 4 is 16.0 Å². The Bertz CT molecular complexity index is 941. The summed E-state index contributed by atoms with van der Waals surface area (Å²) in [6.45, 7) is 0.777. The zero-order valence-electron chi connectivity index (χ0n) is 15.4. The van der Waals surface area contributed by atoms with E-state index in [4.69, 9.17) is 10.5 Å². The van der Waals surface area contributed by atoms with Crippen LogP contribution < -0.4 is 15.8 Å². The lowest BCUT2D eigenvalue weighted by atomic mass is 10.0. The van der Waals surface area contributed by atoms with Gasteiger partial charge < -0.3 is 15.8 Å². The molecule has 1 unspecified atom stereocenters. The van der Waals surface area contributed by atoms with Crippen molar-refractivity contribution in [3.63, 3.8) is 0 Å². The first-order chi connectivity index (χ1) is 12.9. The van der Waals surface area contributed by atoms with E-state index < -0.39 is 10.0 Å². The Balaban J connectivity index is 1.77. The number of hydrogen-bond acceptors (Lipinski definition) is 4. The Kier molecular flexibility index (Phi) is 5.67. The van der Waals surface area contributed by atoms with Crippen molar-refractivity contribution in [1.29, 1.82) is 0 Å². The summed E-state index contributed by atoms with van der Waals surface area (Å²) in [6, 6.07) is 14.6. The third kappa shape index (κ3) is 4.23. The molecule has 1 atom stereocenters. The summed E-state index contributed by atoms with van der Waals surface area (Å²) in [6.07, 6.45) is 0.777. The molecule has 1 aliphatic heterocycles. The Morgan fingerprint density at radius 3 is 2.70 bits per heavy atom. The average molecular weight is 388 g/mol. The highest BCUT2D eigenvalue weighted by molar-refractivity contribution is 7.89. The molecule has 2 aromatic carbocycles. The lowest BCUT2D eigenvalue weighted by molar-refractivity contribution is 0.262. The highest BCUT2D eigenvalue weighted by Gasteiger charge is 2.22. The van der Waals surface area contributed by atoms with E-state index in [1.165, 1.54) is 18.4 Å². The van der Waals surface area contributed by atoms with E-state index >= 15 is 0 Å². The SMILES string of the molecule is CN(C)S(=O)(=O)c1ccccc1CN=C(N)NC1CCOc2ccccc21. The number of benzene rings is 2. The maximum atomic E-state index is 12.5. The van der Waals surface area contributed by atoms with Crippen LogP contribution in [0.1, 0.15) is 23.6 Å². The van der Waals surface area contributed by atoms with E-state index in [2.05, 4.69) is 10.3 Å². The summed E-state index contributed by atoms with van der Waals surface area (Å²) >= 11 is 0. The van der Waals surface area contributed by atoms with Crippen LogP contribution in [0.3, 0.4) is 0 Å². The second-order valence-corrected chi connectivity index (χ2v) is 8.59. The van der Waals surface area contributed by atoms with E-state index in [0.29, 0.717) is 12.2 Å². The van der Waals surface area contributed by atoms with Gasteiger partial charge in [-0.25, -0.2) is 17.7 Å². The lowest BCUT2D eigenvalue weighted by Crippen LogP contribution is -2.37. The number of guanidine groups is 1. The third-order valence-corrected chi connectivity index (χ3v) is 6.35. The van der Waals surface area contributed by atoms with Gasteiger partial charge in [0.15, 0.2) is 5.96 Å². The number of sulfonamides is 1. The summed E-state index contributed by atoms with van der Waals surface area (Å²) in [7, 11) is -0.521. The van der Waals surface area contributed by atoms with Crippen molar-refractivity contribution in [2.24, 2.45) is 10.7 Å². The van der Waals surface area contributed by atoms with Gasteiger partial charge in [0.1, 0.15) is 5.75 Å². The van der Waals surface area contributed by atoms with Crippen LogP contribution in [0.15, 0.2) is 58.4 Å². The molecule has 0 radical (unpaired) electrons. The molecule has 2 aromatic rings. The minimum absolute atomic E-state index is 0.0134. The van der Waals surface area contributed by atoms with Crippen LogP contribution in [-0.2, 0) is 16.6 Å².